The fourth-order valence-corrected chi connectivity index (χ4v) is 2.69. The van der Waals surface area contributed by atoms with Crippen LogP contribution < -0.4 is 0 Å². The lowest BCUT2D eigenvalue weighted by Gasteiger charge is -2.24. The second kappa shape index (κ2) is 8.86. The summed E-state index contributed by atoms with van der Waals surface area (Å²) < 4.78 is 11.5. The minimum absolute atomic E-state index is 0.869. The van der Waals surface area contributed by atoms with E-state index in [1.165, 1.54) is 32.4 Å². The van der Waals surface area contributed by atoms with Gasteiger partial charge in [-0.05, 0) is 32.4 Å². The summed E-state index contributed by atoms with van der Waals surface area (Å²) in [6, 6.07) is 0. The fourth-order valence-electron chi connectivity index (χ4n) is 2.69. The third-order valence-corrected chi connectivity index (χ3v) is 3.87. The summed E-state index contributed by atoms with van der Waals surface area (Å²) in [5, 5.41) is 0. The van der Waals surface area contributed by atoms with Crippen LogP contribution in [0.2, 0.25) is 0 Å². The average Bonchev–Trinajstić information content (AvgIpc) is 2.40. The number of ether oxygens (including phenoxy) is 2. The molecule has 0 amide bonds. The van der Waals surface area contributed by atoms with Gasteiger partial charge in [0.25, 0.3) is 0 Å². The Kier molecular flexibility index (Phi) is 7.01. The second-order valence-electron chi connectivity index (χ2n) is 5.32. The third-order valence-electron chi connectivity index (χ3n) is 3.87. The number of fused-ring (bicyclic) bond motifs is 13. The molecular weight excluding hydrogens is 228 g/mol. The van der Waals surface area contributed by atoms with Gasteiger partial charge in [-0.1, -0.05) is 6.42 Å². The molecule has 2 bridgehead atoms. The van der Waals surface area contributed by atoms with E-state index in [2.05, 4.69) is 9.80 Å². The summed E-state index contributed by atoms with van der Waals surface area (Å²) in [7, 11) is 0. The Bertz CT molecular complexity index is 174. The molecule has 0 saturated carbocycles. The van der Waals surface area contributed by atoms with E-state index < -0.39 is 0 Å². The molecule has 3 rings (SSSR count). The first-order chi connectivity index (χ1) is 8.95. The predicted molar refractivity (Wildman–Crippen MR) is 73.0 cm³/mol. The van der Waals surface area contributed by atoms with E-state index in [9.17, 15) is 0 Å². The van der Waals surface area contributed by atoms with E-state index in [0.717, 1.165) is 59.0 Å². The van der Waals surface area contributed by atoms with Crippen molar-refractivity contribution in [2.24, 2.45) is 0 Å². The topological polar surface area (TPSA) is 24.9 Å². The van der Waals surface area contributed by atoms with Crippen LogP contribution in [0.25, 0.3) is 0 Å². The summed E-state index contributed by atoms with van der Waals surface area (Å²) in [4.78, 5) is 5.04. The Balaban J connectivity index is 1.91. The average molecular weight is 256 g/mol. The van der Waals surface area contributed by atoms with Gasteiger partial charge in [0.1, 0.15) is 0 Å². The Morgan fingerprint density at radius 3 is 1.61 bits per heavy atom. The van der Waals surface area contributed by atoms with Crippen molar-refractivity contribution in [2.45, 2.75) is 25.7 Å². The van der Waals surface area contributed by atoms with Crippen molar-refractivity contribution in [1.29, 1.82) is 0 Å². The Labute approximate surface area is 111 Å². The molecule has 4 nitrogen and oxygen atoms in total. The zero-order valence-corrected chi connectivity index (χ0v) is 11.6. The molecule has 3 aliphatic rings. The standard InChI is InChI=1S/C14H28N2O2/c1-2-5-15-7-4-11-17-12-9-16(6-3-1)10-14-18-13-8-15/h1-14H2. The maximum Gasteiger partial charge on any atom is 0.0594 e. The zero-order chi connectivity index (χ0) is 12.5. The first-order valence-electron chi connectivity index (χ1n) is 7.55. The predicted octanol–water partition coefficient (Wildman–Crippen LogP) is 1.21. The minimum atomic E-state index is 0.869. The molecule has 3 fully saturated rings. The van der Waals surface area contributed by atoms with Gasteiger partial charge in [-0.2, -0.15) is 0 Å². The molecule has 0 aromatic carbocycles. The number of rotatable bonds is 0. The molecule has 3 saturated heterocycles. The van der Waals surface area contributed by atoms with E-state index in [0.29, 0.717) is 0 Å². The van der Waals surface area contributed by atoms with Gasteiger partial charge in [0.2, 0.25) is 0 Å². The van der Waals surface area contributed by atoms with Crippen molar-refractivity contribution in [3.63, 3.8) is 0 Å². The minimum Gasteiger partial charge on any atom is -0.380 e. The first-order valence-corrected chi connectivity index (χ1v) is 7.55. The Morgan fingerprint density at radius 2 is 0.944 bits per heavy atom. The lowest BCUT2D eigenvalue weighted by Crippen LogP contribution is -2.34. The van der Waals surface area contributed by atoms with Crippen LogP contribution in [0.5, 0.6) is 0 Å². The van der Waals surface area contributed by atoms with Crippen molar-refractivity contribution >= 4 is 0 Å². The van der Waals surface area contributed by atoms with E-state index in [-0.39, 0.29) is 0 Å². The number of nitrogens with zero attached hydrogens (tertiary/aromatic N) is 2. The molecule has 3 heterocycles. The van der Waals surface area contributed by atoms with Crippen LogP contribution in [0.1, 0.15) is 25.7 Å². The van der Waals surface area contributed by atoms with Gasteiger partial charge in [0.15, 0.2) is 0 Å². The van der Waals surface area contributed by atoms with Crippen molar-refractivity contribution in [3.05, 3.63) is 0 Å². The summed E-state index contributed by atoms with van der Waals surface area (Å²) in [5.74, 6) is 0. The summed E-state index contributed by atoms with van der Waals surface area (Å²) in [6.45, 7) is 10.3. The highest BCUT2D eigenvalue weighted by atomic mass is 16.5. The Morgan fingerprint density at radius 1 is 0.444 bits per heavy atom. The molecule has 0 aliphatic carbocycles. The summed E-state index contributed by atoms with van der Waals surface area (Å²) in [6.07, 6.45) is 5.15. The smallest absolute Gasteiger partial charge is 0.0594 e. The lowest BCUT2D eigenvalue weighted by atomic mass is 10.2. The van der Waals surface area contributed by atoms with E-state index in [1.54, 1.807) is 0 Å². The van der Waals surface area contributed by atoms with Crippen LogP contribution in [0.15, 0.2) is 0 Å². The molecule has 0 aromatic rings. The number of hydrogen-bond donors (Lipinski definition) is 0. The molecule has 2 unspecified atom stereocenters. The molecular formula is C14H28N2O2. The van der Waals surface area contributed by atoms with Gasteiger partial charge < -0.3 is 14.4 Å². The van der Waals surface area contributed by atoms with Gasteiger partial charge in [0.05, 0.1) is 19.8 Å². The molecule has 4 heteroatoms. The van der Waals surface area contributed by atoms with Crippen LogP contribution in [0.3, 0.4) is 0 Å². The quantitative estimate of drug-likeness (QED) is 0.650. The first kappa shape index (κ1) is 14.3. The van der Waals surface area contributed by atoms with Gasteiger partial charge in [-0.15, -0.1) is 0 Å². The van der Waals surface area contributed by atoms with Crippen molar-refractivity contribution < 1.29 is 9.47 Å². The molecule has 106 valence electrons. The highest BCUT2D eigenvalue weighted by molar-refractivity contribution is 4.64. The van der Waals surface area contributed by atoms with Crippen molar-refractivity contribution in [1.82, 2.24) is 9.80 Å². The highest BCUT2D eigenvalue weighted by Gasteiger charge is 2.10. The van der Waals surface area contributed by atoms with Crippen LogP contribution in [-0.2, 0) is 9.47 Å². The maximum absolute atomic E-state index is 5.76. The summed E-state index contributed by atoms with van der Waals surface area (Å²) in [5.41, 5.74) is 0. The molecule has 0 spiro atoms. The van der Waals surface area contributed by atoms with Gasteiger partial charge >= 0.3 is 0 Å². The fraction of sp³-hybridized carbons (Fsp3) is 1.00. The Hall–Kier alpha value is -0.160. The second-order valence-corrected chi connectivity index (χ2v) is 5.32. The molecule has 0 aromatic heterocycles. The molecule has 0 radical (unpaired) electrons. The van der Waals surface area contributed by atoms with Crippen molar-refractivity contribution in [3.8, 4) is 0 Å². The number of hydrogen-bond acceptors (Lipinski definition) is 4. The highest BCUT2D eigenvalue weighted by Crippen LogP contribution is 2.05. The van der Waals surface area contributed by atoms with E-state index in [1.807, 2.05) is 0 Å². The molecule has 0 N–H and O–H groups in total. The normalized spacial score (nSPS) is 33.3. The monoisotopic (exact) mass is 256 g/mol. The van der Waals surface area contributed by atoms with Crippen molar-refractivity contribution in [2.75, 3.05) is 65.7 Å². The van der Waals surface area contributed by atoms with Gasteiger partial charge in [-0.25, -0.2) is 0 Å². The van der Waals surface area contributed by atoms with Gasteiger partial charge in [-0.3, -0.25) is 4.90 Å². The van der Waals surface area contributed by atoms with Gasteiger partial charge in [0, 0.05) is 32.8 Å². The van der Waals surface area contributed by atoms with Crippen LogP contribution in [0, 0.1) is 0 Å². The van der Waals surface area contributed by atoms with Crippen LogP contribution >= 0.6 is 0 Å². The molecule has 18 heavy (non-hydrogen) atoms. The zero-order valence-electron chi connectivity index (χ0n) is 11.6. The van der Waals surface area contributed by atoms with E-state index in [4.69, 9.17) is 9.47 Å². The largest absolute Gasteiger partial charge is 0.380 e. The third kappa shape index (κ3) is 5.65. The van der Waals surface area contributed by atoms with Crippen LogP contribution in [-0.4, -0.2) is 75.5 Å². The molecule has 3 aliphatic heterocycles. The molecule has 2 atom stereocenters. The van der Waals surface area contributed by atoms with E-state index >= 15 is 0 Å². The summed E-state index contributed by atoms with van der Waals surface area (Å²) >= 11 is 0. The lowest BCUT2D eigenvalue weighted by molar-refractivity contribution is 0.0730. The SMILES string of the molecule is C1CCN2CCCOCCN(CC1)CCOCC2. The maximum atomic E-state index is 5.76. The van der Waals surface area contributed by atoms with Crippen LogP contribution in [0.4, 0.5) is 0 Å².